The van der Waals surface area contributed by atoms with Gasteiger partial charge in [0.25, 0.3) is 0 Å². The van der Waals surface area contributed by atoms with Crippen molar-refractivity contribution in [3.8, 4) is 11.1 Å². The third-order valence-corrected chi connectivity index (χ3v) is 4.65. The van der Waals surface area contributed by atoms with Crippen LogP contribution in [0.5, 0.6) is 0 Å². The summed E-state index contributed by atoms with van der Waals surface area (Å²) >= 11 is 12.4. The van der Waals surface area contributed by atoms with Crippen LogP contribution in [0.3, 0.4) is 0 Å². The van der Waals surface area contributed by atoms with Crippen molar-refractivity contribution in [2.24, 2.45) is 7.05 Å². The van der Waals surface area contributed by atoms with Crippen LogP contribution in [0.4, 0.5) is 0 Å². The molecule has 0 aliphatic heterocycles. The van der Waals surface area contributed by atoms with Crippen LogP contribution in [-0.4, -0.2) is 19.3 Å². The Kier molecular flexibility index (Phi) is 3.79. The maximum Gasteiger partial charge on any atom is 0.101 e. The van der Waals surface area contributed by atoms with E-state index in [1.165, 1.54) is 0 Å². The third-order valence-electron chi connectivity index (χ3n) is 4.10. The maximum atomic E-state index is 6.39. The Balaban J connectivity index is 1.89. The first kappa shape index (κ1) is 15.2. The molecular formula is C18H14Cl2N4. The van der Waals surface area contributed by atoms with E-state index in [2.05, 4.69) is 11.1 Å². The van der Waals surface area contributed by atoms with Crippen LogP contribution in [0.15, 0.2) is 55.1 Å². The number of hydrogen-bond donors (Lipinski definition) is 0. The zero-order chi connectivity index (χ0) is 16.7. The largest absolute Gasteiger partial charge is 0.331 e. The molecule has 0 bridgehead atoms. The maximum absolute atomic E-state index is 6.39. The quantitative estimate of drug-likeness (QED) is 0.528. The Morgan fingerprint density at radius 2 is 1.96 bits per heavy atom. The number of hydrogen-bond acceptors (Lipinski definition) is 2. The van der Waals surface area contributed by atoms with Crippen LogP contribution in [-0.2, 0) is 13.6 Å². The molecule has 2 heterocycles. The zero-order valence-corrected chi connectivity index (χ0v) is 14.5. The van der Waals surface area contributed by atoms with Gasteiger partial charge >= 0.3 is 0 Å². The monoisotopic (exact) mass is 356 g/mol. The number of benzene rings is 2. The van der Waals surface area contributed by atoms with E-state index in [-0.39, 0.29) is 0 Å². The summed E-state index contributed by atoms with van der Waals surface area (Å²) in [4.78, 5) is 4.10. The van der Waals surface area contributed by atoms with Crippen molar-refractivity contribution in [1.82, 2.24) is 19.3 Å². The van der Waals surface area contributed by atoms with Gasteiger partial charge in [-0.05, 0) is 12.1 Å². The van der Waals surface area contributed by atoms with Gasteiger partial charge in [0.1, 0.15) is 5.52 Å². The molecule has 2 aromatic heterocycles. The smallest absolute Gasteiger partial charge is 0.101 e. The van der Waals surface area contributed by atoms with E-state index in [1.807, 2.05) is 46.8 Å². The molecule has 4 aromatic rings. The highest BCUT2D eigenvalue weighted by molar-refractivity contribution is 6.36. The number of rotatable bonds is 3. The molecular weight excluding hydrogens is 343 g/mol. The highest BCUT2D eigenvalue weighted by Gasteiger charge is 2.15. The molecule has 0 saturated carbocycles. The Bertz CT molecular complexity index is 1020. The SMILES string of the molecule is Cn1nc2c(-c3ccc(Cl)cc3Cl)cccc2c1Cn1ccnc1. The number of nitrogens with zero attached hydrogens (tertiary/aromatic N) is 4. The predicted octanol–water partition coefficient (Wildman–Crippen LogP) is 4.79. The first-order valence-corrected chi connectivity index (χ1v) is 8.25. The first-order chi connectivity index (χ1) is 11.6. The lowest BCUT2D eigenvalue weighted by molar-refractivity contribution is 0.673. The molecule has 0 amide bonds. The summed E-state index contributed by atoms with van der Waals surface area (Å²) in [5.74, 6) is 0. The lowest BCUT2D eigenvalue weighted by Crippen LogP contribution is -2.03. The highest BCUT2D eigenvalue weighted by atomic mass is 35.5. The summed E-state index contributed by atoms with van der Waals surface area (Å²) in [5.41, 5.74) is 3.98. The summed E-state index contributed by atoms with van der Waals surface area (Å²) in [7, 11) is 1.96. The first-order valence-electron chi connectivity index (χ1n) is 7.49. The van der Waals surface area contributed by atoms with Gasteiger partial charge in [0.05, 0.1) is 18.6 Å². The summed E-state index contributed by atoms with van der Waals surface area (Å²) in [6.07, 6.45) is 5.52. The highest BCUT2D eigenvalue weighted by Crippen LogP contribution is 2.35. The second-order valence-electron chi connectivity index (χ2n) is 5.63. The molecule has 2 aromatic carbocycles. The van der Waals surface area contributed by atoms with Crippen molar-refractivity contribution in [3.05, 3.63) is 70.9 Å². The van der Waals surface area contributed by atoms with E-state index in [1.54, 1.807) is 18.6 Å². The van der Waals surface area contributed by atoms with Gasteiger partial charge in [-0.1, -0.05) is 47.5 Å². The summed E-state index contributed by atoms with van der Waals surface area (Å²) in [5, 5.41) is 7.08. The topological polar surface area (TPSA) is 35.6 Å². The Morgan fingerprint density at radius 3 is 2.71 bits per heavy atom. The minimum absolute atomic E-state index is 0.622. The lowest BCUT2D eigenvalue weighted by Gasteiger charge is -2.06. The molecule has 4 rings (SSSR count). The van der Waals surface area contributed by atoms with Crippen LogP contribution >= 0.6 is 23.2 Å². The average molecular weight is 357 g/mol. The Hall–Kier alpha value is -2.30. The predicted molar refractivity (Wildman–Crippen MR) is 97.5 cm³/mol. The number of aromatic nitrogens is 4. The van der Waals surface area contributed by atoms with Crippen molar-refractivity contribution in [3.63, 3.8) is 0 Å². The Labute approximate surface area is 149 Å². The van der Waals surface area contributed by atoms with Gasteiger partial charge < -0.3 is 4.57 Å². The van der Waals surface area contributed by atoms with E-state index in [0.29, 0.717) is 16.6 Å². The van der Waals surface area contributed by atoms with Gasteiger partial charge in [0.2, 0.25) is 0 Å². The van der Waals surface area contributed by atoms with Crippen molar-refractivity contribution < 1.29 is 0 Å². The molecule has 0 fully saturated rings. The van der Waals surface area contributed by atoms with Crippen molar-refractivity contribution in [1.29, 1.82) is 0 Å². The molecule has 0 atom stereocenters. The van der Waals surface area contributed by atoms with Crippen molar-refractivity contribution >= 4 is 34.1 Å². The average Bonchev–Trinajstić information content (AvgIpc) is 3.17. The van der Waals surface area contributed by atoms with Gasteiger partial charge in [-0.2, -0.15) is 5.10 Å². The molecule has 0 aliphatic rings. The zero-order valence-electron chi connectivity index (χ0n) is 12.9. The standard InChI is InChI=1S/C18H14Cl2N4/c1-23-17(10-24-8-7-21-11-24)15-4-2-3-14(18(15)22-23)13-6-5-12(19)9-16(13)20/h2-9,11H,10H2,1H3. The second-order valence-corrected chi connectivity index (χ2v) is 6.47. The van der Waals surface area contributed by atoms with Crippen molar-refractivity contribution in [2.45, 2.75) is 6.54 Å². The van der Waals surface area contributed by atoms with Gasteiger partial charge in [-0.15, -0.1) is 0 Å². The fraction of sp³-hybridized carbons (Fsp3) is 0.111. The molecule has 24 heavy (non-hydrogen) atoms. The molecule has 0 saturated heterocycles. The van der Waals surface area contributed by atoms with Gasteiger partial charge in [0.15, 0.2) is 0 Å². The van der Waals surface area contributed by atoms with Gasteiger partial charge in [0, 0.05) is 46.0 Å². The van der Waals surface area contributed by atoms with E-state index in [4.69, 9.17) is 28.3 Å². The number of aryl methyl sites for hydroxylation is 1. The van der Waals surface area contributed by atoms with E-state index in [9.17, 15) is 0 Å². The molecule has 120 valence electrons. The minimum Gasteiger partial charge on any atom is -0.331 e. The van der Waals surface area contributed by atoms with Crippen LogP contribution in [0.25, 0.3) is 22.0 Å². The fourth-order valence-corrected chi connectivity index (χ4v) is 3.45. The molecule has 6 heteroatoms. The normalized spacial score (nSPS) is 11.3. The summed E-state index contributed by atoms with van der Waals surface area (Å²) < 4.78 is 3.94. The molecule has 0 N–H and O–H groups in total. The second kappa shape index (κ2) is 5.96. The van der Waals surface area contributed by atoms with E-state index < -0.39 is 0 Å². The summed E-state index contributed by atoms with van der Waals surface area (Å²) in [6.45, 7) is 0.713. The molecule has 0 radical (unpaired) electrons. The Morgan fingerprint density at radius 1 is 1.08 bits per heavy atom. The molecule has 0 unspecified atom stereocenters. The molecule has 0 aliphatic carbocycles. The van der Waals surface area contributed by atoms with E-state index >= 15 is 0 Å². The van der Waals surface area contributed by atoms with Crippen molar-refractivity contribution in [2.75, 3.05) is 0 Å². The minimum atomic E-state index is 0.622. The lowest BCUT2D eigenvalue weighted by atomic mass is 10.0. The van der Waals surface area contributed by atoms with Gasteiger partial charge in [-0.25, -0.2) is 4.98 Å². The number of imidazole rings is 1. The molecule has 0 spiro atoms. The molecule has 4 nitrogen and oxygen atoms in total. The summed E-state index contributed by atoms with van der Waals surface area (Å²) in [6, 6.07) is 11.7. The fourth-order valence-electron chi connectivity index (χ4n) is 2.93. The number of halogens is 2. The van der Waals surface area contributed by atoms with Crippen LogP contribution in [0.1, 0.15) is 5.69 Å². The van der Waals surface area contributed by atoms with Crippen LogP contribution in [0, 0.1) is 0 Å². The van der Waals surface area contributed by atoms with E-state index in [0.717, 1.165) is 27.7 Å². The van der Waals surface area contributed by atoms with Crippen LogP contribution < -0.4 is 0 Å². The van der Waals surface area contributed by atoms with Crippen LogP contribution in [0.2, 0.25) is 10.0 Å². The number of fused-ring (bicyclic) bond motifs is 1. The van der Waals surface area contributed by atoms with Gasteiger partial charge in [-0.3, -0.25) is 4.68 Å². The third kappa shape index (κ3) is 2.58.